The van der Waals surface area contributed by atoms with Gasteiger partial charge in [0.1, 0.15) is 0 Å². The van der Waals surface area contributed by atoms with E-state index in [1.165, 1.54) is 0 Å². The Morgan fingerprint density at radius 1 is 1.38 bits per heavy atom. The van der Waals surface area contributed by atoms with Crippen molar-refractivity contribution >= 4 is 17.7 Å². The molecule has 0 saturated carbocycles. The third-order valence-electron chi connectivity index (χ3n) is 2.45. The van der Waals surface area contributed by atoms with Crippen LogP contribution in [0.15, 0.2) is 0 Å². The Labute approximate surface area is 103 Å². The van der Waals surface area contributed by atoms with E-state index in [0.29, 0.717) is 11.7 Å². The lowest BCUT2D eigenvalue weighted by Crippen LogP contribution is -2.48. The van der Waals surface area contributed by atoms with Crippen LogP contribution < -0.4 is 0 Å². The van der Waals surface area contributed by atoms with Crippen LogP contribution in [-0.2, 0) is 9.53 Å². The molecule has 1 amide bonds. The summed E-state index contributed by atoms with van der Waals surface area (Å²) in [4.78, 5) is 13.9. The number of ether oxygens (including phenoxy) is 1. The van der Waals surface area contributed by atoms with Crippen molar-refractivity contribution in [3.8, 4) is 0 Å². The average molecular weight is 245 g/mol. The van der Waals surface area contributed by atoms with E-state index < -0.39 is 0 Å². The first-order valence-electron chi connectivity index (χ1n) is 6.00. The zero-order valence-corrected chi connectivity index (χ0v) is 11.5. The second kappa shape index (κ2) is 6.50. The molecule has 3 nitrogen and oxygen atoms in total. The number of amides is 1. The second-order valence-electron chi connectivity index (χ2n) is 4.97. The van der Waals surface area contributed by atoms with E-state index >= 15 is 0 Å². The molecule has 1 aliphatic rings. The smallest absolute Gasteiger partial charge is 0.232 e. The molecule has 0 aromatic rings. The highest BCUT2D eigenvalue weighted by atomic mass is 32.2. The number of nitrogens with zero attached hydrogens (tertiary/aromatic N) is 1. The van der Waals surface area contributed by atoms with Crippen LogP contribution in [0.5, 0.6) is 0 Å². The third-order valence-corrected chi connectivity index (χ3v) is 3.80. The summed E-state index contributed by atoms with van der Waals surface area (Å²) in [7, 11) is 0. The van der Waals surface area contributed by atoms with Crippen LogP contribution in [0.25, 0.3) is 0 Å². The molecular weight excluding hydrogens is 222 g/mol. The van der Waals surface area contributed by atoms with Gasteiger partial charge >= 0.3 is 0 Å². The summed E-state index contributed by atoms with van der Waals surface area (Å²) >= 11 is 1.73. The Balaban J connectivity index is 2.30. The molecule has 0 spiro atoms. The van der Waals surface area contributed by atoms with Gasteiger partial charge in [-0.3, -0.25) is 4.79 Å². The number of carbonyl (C=O) groups excluding carboxylic acids is 1. The topological polar surface area (TPSA) is 29.5 Å². The van der Waals surface area contributed by atoms with Crippen molar-refractivity contribution in [3.05, 3.63) is 0 Å². The van der Waals surface area contributed by atoms with Crippen molar-refractivity contribution in [2.75, 3.05) is 24.6 Å². The largest absolute Gasteiger partial charge is 0.372 e. The molecule has 94 valence electrons. The molecule has 0 aromatic carbocycles. The molecule has 0 aliphatic carbocycles. The van der Waals surface area contributed by atoms with Gasteiger partial charge in [0.2, 0.25) is 5.91 Å². The van der Waals surface area contributed by atoms with Crippen LogP contribution in [-0.4, -0.2) is 47.6 Å². The quantitative estimate of drug-likeness (QED) is 0.759. The minimum Gasteiger partial charge on any atom is -0.372 e. The number of thioether (sulfide) groups is 1. The molecule has 1 heterocycles. The summed E-state index contributed by atoms with van der Waals surface area (Å²) in [5, 5.41) is 0. The van der Waals surface area contributed by atoms with E-state index in [4.69, 9.17) is 4.74 Å². The first-order chi connectivity index (χ1) is 7.49. The van der Waals surface area contributed by atoms with Crippen LogP contribution in [0.2, 0.25) is 0 Å². The molecule has 4 heteroatoms. The highest BCUT2D eigenvalue weighted by molar-refractivity contribution is 7.99. The number of morpholine rings is 1. The van der Waals surface area contributed by atoms with E-state index in [1.54, 1.807) is 11.8 Å². The molecule has 2 atom stereocenters. The van der Waals surface area contributed by atoms with Crippen LogP contribution in [0.3, 0.4) is 0 Å². The minimum atomic E-state index is 0.169. The van der Waals surface area contributed by atoms with Crippen molar-refractivity contribution in [1.82, 2.24) is 4.90 Å². The standard InChI is InChI=1S/C12H23NO2S/c1-9(2)7-16-8-12(14)13-5-10(3)15-11(4)6-13/h9-11H,5-8H2,1-4H3/t10-,11-/m1/s1. The molecule has 16 heavy (non-hydrogen) atoms. The van der Waals surface area contributed by atoms with Gasteiger partial charge in [-0.2, -0.15) is 11.8 Å². The Hall–Kier alpha value is -0.220. The summed E-state index contributed by atoms with van der Waals surface area (Å²) in [6.07, 6.45) is 0.339. The lowest BCUT2D eigenvalue weighted by Gasteiger charge is -2.35. The summed E-state index contributed by atoms with van der Waals surface area (Å²) < 4.78 is 5.61. The molecule has 1 fully saturated rings. The Morgan fingerprint density at radius 3 is 2.44 bits per heavy atom. The Kier molecular flexibility index (Phi) is 5.62. The average Bonchev–Trinajstić information content (AvgIpc) is 2.15. The molecule has 0 aromatic heterocycles. The Morgan fingerprint density at radius 2 is 1.94 bits per heavy atom. The fraction of sp³-hybridized carbons (Fsp3) is 0.917. The lowest BCUT2D eigenvalue weighted by atomic mass is 10.2. The fourth-order valence-corrected chi connectivity index (χ4v) is 2.80. The van der Waals surface area contributed by atoms with Crippen LogP contribution in [0.1, 0.15) is 27.7 Å². The molecule has 0 N–H and O–H groups in total. The maximum absolute atomic E-state index is 11.9. The molecule has 0 bridgehead atoms. The van der Waals surface area contributed by atoms with E-state index in [2.05, 4.69) is 13.8 Å². The van der Waals surface area contributed by atoms with Crippen molar-refractivity contribution in [1.29, 1.82) is 0 Å². The first-order valence-corrected chi connectivity index (χ1v) is 7.15. The Bertz CT molecular complexity index is 223. The van der Waals surface area contributed by atoms with E-state index in [1.807, 2.05) is 18.7 Å². The van der Waals surface area contributed by atoms with Crippen LogP contribution in [0, 0.1) is 5.92 Å². The zero-order chi connectivity index (χ0) is 12.1. The van der Waals surface area contributed by atoms with Crippen LogP contribution >= 0.6 is 11.8 Å². The van der Waals surface area contributed by atoms with Gasteiger partial charge in [-0.25, -0.2) is 0 Å². The van der Waals surface area contributed by atoms with Gasteiger partial charge in [0.05, 0.1) is 18.0 Å². The summed E-state index contributed by atoms with van der Waals surface area (Å²) in [6, 6.07) is 0. The summed E-state index contributed by atoms with van der Waals surface area (Å²) in [5.74, 6) is 2.58. The van der Waals surface area contributed by atoms with Crippen molar-refractivity contribution in [2.24, 2.45) is 5.92 Å². The fourth-order valence-electron chi connectivity index (χ4n) is 1.85. The number of hydrogen-bond acceptors (Lipinski definition) is 3. The van der Waals surface area contributed by atoms with Crippen molar-refractivity contribution < 1.29 is 9.53 Å². The highest BCUT2D eigenvalue weighted by Crippen LogP contribution is 2.14. The van der Waals surface area contributed by atoms with Crippen molar-refractivity contribution in [2.45, 2.75) is 39.9 Å². The van der Waals surface area contributed by atoms with Gasteiger partial charge in [-0.1, -0.05) is 13.8 Å². The van der Waals surface area contributed by atoms with E-state index in [-0.39, 0.29) is 18.1 Å². The van der Waals surface area contributed by atoms with E-state index in [9.17, 15) is 4.79 Å². The molecule has 1 aliphatic heterocycles. The SMILES string of the molecule is CC(C)CSCC(=O)N1C[C@@H](C)O[C@H](C)C1. The van der Waals surface area contributed by atoms with Gasteiger partial charge in [-0.15, -0.1) is 0 Å². The monoisotopic (exact) mass is 245 g/mol. The van der Waals surface area contributed by atoms with Crippen LogP contribution in [0.4, 0.5) is 0 Å². The maximum Gasteiger partial charge on any atom is 0.232 e. The predicted octanol–water partition coefficient (Wildman–Crippen LogP) is 2.01. The molecule has 1 rings (SSSR count). The van der Waals surface area contributed by atoms with Gasteiger partial charge in [-0.05, 0) is 25.5 Å². The number of hydrogen-bond donors (Lipinski definition) is 0. The van der Waals surface area contributed by atoms with Gasteiger partial charge in [0, 0.05) is 13.1 Å². The molecule has 1 saturated heterocycles. The number of carbonyl (C=O) groups is 1. The van der Waals surface area contributed by atoms with Gasteiger partial charge in [0.25, 0.3) is 0 Å². The lowest BCUT2D eigenvalue weighted by molar-refractivity contribution is -0.140. The summed E-state index contributed by atoms with van der Waals surface area (Å²) in [5.41, 5.74) is 0. The van der Waals surface area contributed by atoms with Gasteiger partial charge in [0.15, 0.2) is 0 Å². The molecular formula is C12H23NO2S. The minimum absolute atomic E-state index is 0.169. The first kappa shape index (κ1) is 13.8. The molecule has 0 radical (unpaired) electrons. The van der Waals surface area contributed by atoms with Gasteiger partial charge < -0.3 is 9.64 Å². The number of rotatable bonds is 4. The highest BCUT2D eigenvalue weighted by Gasteiger charge is 2.25. The summed E-state index contributed by atoms with van der Waals surface area (Å²) in [6.45, 7) is 9.89. The normalized spacial score (nSPS) is 26.2. The van der Waals surface area contributed by atoms with E-state index in [0.717, 1.165) is 18.8 Å². The second-order valence-corrected chi connectivity index (χ2v) is 6.00. The predicted molar refractivity (Wildman–Crippen MR) is 68.8 cm³/mol. The van der Waals surface area contributed by atoms with Crippen molar-refractivity contribution in [3.63, 3.8) is 0 Å². The third kappa shape index (κ3) is 4.74. The zero-order valence-electron chi connectivity index (χ0n) is 10.7. The maximum atomic E-state index is 11.9. The molecule has 0 unspecified atom stereocenters.